The Labute approximate surface area is 148 Å². The van der Waals surface area contributed by atoms with Crippen LogP contribution in [0.5, 0.6) is 0 Å². The maximum Gasteiger partial charge on any atom is 0.261 e. The van der Waals surface area contributed by atoms with Gasteiger partial charge in [-0.1, -0.05) is 12.1 Å². The van der Waals surface area contributed by atoms with Crippen LogP contribution in [0.3, 0.4) is 0 Å². The molecule has 3 N–H and O–H groups in total. The van der Waals surface area contributed by atoms with Gasteiger partial charge < -0.3 is 10.6 Å². The van der Waals surface area contributed by atoms with Gasteiger partial charge in [0.15, 0.2) is 0 Å². The van der Waals surface area contributed by atoms with Gasteiger partial charge in [-0.05, 0) is 65.7 Å². The lowest BCUT2D eigenvalue weighted by Gasteiger charge is -2.14. The van der Waals surface area contributed by atoms with Crippen LogP contribution in [0, 0.1) is 6.92 Å². The van der Waals surface area contributed by atoms with Crippen LogP contribution in [-0.4, -0.2) is 22.5 Å². The number of nitrogens with one attached hydrogen (secondary N) is 1. The van der Waals surface area contributed by atoms with E-state index in [0.717, 1.165) is 16.5 Å². The molecule has 0 spiro atoms. The quantitative estimate of drug-likeness (QED) is 0.704. The number of nitrogen functional groups attached to an aromatic ring is 1. The minimum absolute atomic E-state index is 0.203. The zero-order valence-corrected chi connectivity index (χ0v) is 15.0. The molecular weight excluding hydrogens is 334 g/mol. The first kappa shape index (κ1) is 17.1. The van der Waals surface area contributed by atoms with E-state index >= 15 is 0 Å². The summed E-state index contributed by atoms with van der Waals surface area (Å²) < 4.78 is 27.9. The highest BCUT2D eigenvalue weighted by Gasteiger charge is 2.16. The topological polar surface area (TPSA) is 75.4 Å². The largest absolute Gasteiger partial charge is 0.399 e. The molecule has 25 heavy (non-hydrogen) atoms. The maximum atomic E-state index is 12.7. The monoisotopic (exact) mass is 354 g/mol. The number of nitrogens with zero attached hydrogens (tertiary/aromatic N) is 1. The standard InChI is InChI=1S/C19H20N3O2S/c1-13-10-16(20)6-9-19(13)21-25(23,24)18-8-5-14-11-17(22(2)3)7-4-15(14)12-18/h4-12,21H,1,20H2,2-3H3. The van der Waals surface area contributed by atoms with Crippen LogP contribution in [-0.2, 0) is 10.0 Å². The Morgan fingerprint density at radius 3 is 2.32 bits per heavy atom. The molecule has 129 valence electrons. The van der Waals surface area contributed by atoms with E-state index in [0.29, 0.717) is 16.9 Å². The smallest absolute Gasteiger partial charge is 0.261 e. The summed E-state index contributed by atoms with van der Waals surface area (Å²) in [6, 6.07) is 15.8. The van der Waals surface area contributed by atoms with Crippen molar-refractivity contribution in [1.29, 1.82) is 0 Å². The summed E-state index contributed by atoms with van der Waals surface area (Å²) in [5.74, 6) is 0. The molecular formula is C19H20N3O2S. The van der Waals surface area contributed by atoms with Gasteiger partial charge in [0.25, 0.3) is 10.0 Å². The van der Waals surface area contributed by atoms with Crippen molar-refractivity contribution in [3.05, 3.63) is 67.1 Å². The van der Waals surface area contributed by atoms with E-state index in [2.05, 4.69) is 11.6 Å². The highest BCUT2D eigenvalue weighted by Crippen LogP contribution is 2.26. The molecule has 5 nitrogen and oxygen atoms in total. The summed E-state index contributed by atoms with van der Waals surface area (Å²) in [4.78, 5) is 2.21. The van der Waals surface area contributed by atoms with Crippen LogP contribution in [0.4, 0.5) is 17.1 Å². The molecule has 0 bridgehead atoms. The van der Waals surface area contributed by atoms with Crippen molar-refractivity contribution in [2.75, 3.05) is 29.5 Å². The maximum absolute atomic E-state index is 12.7. The van der Waals surface area contributed by atoms with Gasteiger partial charge in [0.2, 0.25) is 0 Å². The molecule has 0 saturated heterocycles. The zero-order chi connectivity index (χ0) is 18.2. The second-order valence-corrected chi connectivity index (χ2v) is 7.79. The Kier molecular flexibility index (Phi) is 4.30. The fraction of sp³-hybridized carbons (Fsp3) is 0.105. The summed E-state index contributed by atoms with van der Waals surface area (Å²) in [6.07, 6.45) is 0. The predicted molar refractivity (Wildman–Crippen MR) is 104 cm³/mol. The average Bonchev–Trinajstić information content (AvgIpc) is 2.56. The number of fused-ring (bicyclic) bond motifs is 1. The number of anilines is 3. The Balaban J connectivity index is 1.98. The number of rotatable bonds is 4. The third-order valence-electron chi connectivity index (χ3n) is 4.00. The first-order chi connectivity index (χ1) is 11.8. The second-order valence-electron chi connectivity index (χ2n) is 6.11. The summed E-state index contributed by atoms with van der Waals surface area (Å²) >= 11 is 0. The lowest BCUT2D eigenvalue weighted by molar-refractivity contribution is 0.601. The fourth-order valence-electron chi connectivity index (χ4n) is 2.57. The summed E-state index contributed by atoms with van der Waals surface area (Å²) in [5.41, 5.74) is 8.22. The van der Waals surface area contributed by atoms with Crippen LogP contribution in [0.1, 0.15) is 5.56 Å². The van der Waals surface area contributed by atoms with Crippen LogP contribution >= 0.6 is 0 Å². The molecule has 0 fully saturated rings. The Morgan fingerprint density at radius 1 is 0.960 bits per heavy atom. The van der Waals surface area contributed by atoms with Crippen LogP contribution in [0.25, 0.3) is 10.8 Å². The Hall–Kier alpha value is -2.73. The minimum atomic E-state index is -3.71. The van der Waals surface area contributed by atoms with Crippen molar-refractivity contribution in [3.63, 3.8) is 0 Å². The molecule has 0 aromatic heterocycles. The molecule has 3 rings (SSSR count). The van der Waals surface area contributed by atoms with E-state index in [-0.39, 0.29) is 4.90 Å². The van der Waals surface area contributed by atoms with Gasteiger partial charge in [-0.25, -0.2) is 8.42 Å². The van der Waals surface area contributed by atoms with E-state index in [1.165, 1.54) is 0 Å². The fourth-order valence-corrected chi connectivity index (χ4v) is 3.71. The van der Waals surface area contributed by atoms with E-state index in [1.54, 1.807) is 30.3 Å². The molecule has 0 atom stereocenters. The number of nitrogens with two attached hydrogens (primary N) is 1. The van der Waals surface area contributed by atoms with Crippen LogP contribution < -0.4 is 15.4 Å². The number of sulfonamides is 1. The average molecular weight is 354 g/mol. The van der Waals surface area contributed by atoms with Gasteiger partial charge in [-0.3, -0.25) is 4.72 Å². The third-order valence-corrected chi connectivity index (χ3v) is 5.36. The highest BCUT2D eigenvalue weighted by atomic mass is 32.2. The normalized spacial score (nSPS) is 11.5. The van der Waals surface area contributed by atoms with Crippen LogP contribution in [0.2, 0.25) is 0 Å². The molecule has 0 unspecified atom stereocenters. The van der Waals surface area contributed by atoms with Crippen molar-refractivity contribution in [2.45, 2.75) is 4.90 Å². The van der Waals surface area contributed by atoms with Crippen molar-refractivity contribution < 1.29 is 8.42 Å². The first-order valence-corrected chi connectivity index (χ1v) is 9.20. The van der Waals surface area contributed by atoms with Crippen molar-refractivity contribution >= 4 is 37.9 Å². The molecule has 3 aromatic carbocycles. The zero-order valence-electron chi connectivity index (χ0n) is 14.2. The molecule has 0 aliphatic rings. The van der Waals surface area contributed by atoms with Crippen LogP contribution in [0.15, 0.2) is 59.5 Å². The number of hydrogen-bond donors (Lipinski definition) is 2. The van der Waals surface area contributed by atoms with E-state index in [4.69, 9.17) is 5.73 Å². The van der Waals surface area contributed by atoms with Crippen molar-refractivity contribution in [3.8, 4) is 0 Å². The molecule has 0 aliphatic heterocycles. The molecule has 0 heterocycles. The molecule has 0 aliphatic carbocycles. The van der Waals surface area contributed by atoms with Crippen molar-refractivity contribution in [2.24, 2.45) is 0 Å². The van der Waals surface area contributed by atoms with E-state index < -0.39 is 10.0 Å². The number of hydrogen-bond acceptors (Lipinski definition) is 4. The lowest BCUT2D eigenvalue weighted by Crippen LogP contribution is -2.14. The van der Waals surface area contributed by atoms with Gasteiger partial charge in [0, 0.05) is 25.5 Å². The van der Waals surface area contributed by atoms with Gasteiger partial charge in [-0.2, -0.15) is 0 Å². The van der Waals surface area contributed by atoms with E-state index in [9.17, 15) is 8.42 Å². The van der Waals surface area contributed by atoms with Gasteiger partial charge >= 0.3 is 0 Å². The molecule has 3 aromatic rings. The summed E-state index contributed by atoms with van der Waals surface area (Å²) in [6.45, 7) is 3.82. The van der Waals surface area contributed by atoms with Crippen molar-refractivity contribution in [1.82, 2.24) is 0 Å². The third kappa shape index (κ3) is 3.53. The molecule has 1 radical (unpaired) electrons. The summed E-state index contributed by atoms with van der Waals surface area (Å²) in [7, 11) is 0.223. The minimum Gasteiger partial charge on any atom is -0.399 e. The van der Waals surface area contributed by atoms with Gasteiger partial charge in [0.05, 0.1) is 10.6 Å². The Morgan fingerprint density at radius 2 is 1.64 bits per heavy atom. The highest BCUT2D eigenvalue weighted by molar-refractivity contribution is 7.92. The summed E-state index contributed by atoms with van der Waals surface area (Å²) in [5, 5.41) is 1.84. The Bertz CT molecular complexity index is 1040. The van der Waals surface area contributed by atoms with E-state index in [1.807, 2.05) is 43.3 Å². The van der Waals surface area contributed by atoms with Gasteiger partial charge in [0.1, 0.15) is 0 Å². The molecule has 0 saturated carbocycles. The number of benzene rings is 3. The molecule has 6 heteroatoms. The predicted octanol–water partition coefficient (Wildman–Crippen LogP) is 3.47. The lowest BCUT2D eigenvalue weighted by atomic mass is 10.1. The SMILES string of the molecule is [CH2]c1cc(N)ccc1NS(=O)(=O)c1ccc2cc(N(C)C)ccc2c1. The second kappa shape index (κ2) is 6.29. The molecule has 0 amide bonds. The van der Waals surface area contributed by atoms with Gasteiger partial charge in [-0.15, -0.1) is 0 Å². The first-order valence-electron chi connectivity index (χ1n) is 7.72.